The number of fused-ring (bicyclic) bond motifs is 1. The third-order valence-electron chi connectivity index (χ3n) is 3.95. The Labute approximate surface area is 171 Å². The smallest absolute Gasteiger partial charge is 0.291 e. The summed E-state index contributed by atoms with van der Waals surface area (Å²) in [6.07, 6.45) is 0. The van der Waals surface area contributed by atoms with Crippen molar-refractivity contribution in [1.29, 1.82) is 0 Å². The lowest BCUT2D eigenvalue weighted by atomic mass is 10.2. The molecule has 3 rings (SSSR count). The summed E-state index contributed by atoms with van der Waals surface area (Å²) in [5.41, 5.74) is 1.62. The van der Waals surface area contributed by atoms with Gasteiger partial charge >= 0.3 is 0 Å². The molecule has 29 heavy (non-hydrogen) atoms. The number of nitrogens with one attached hydrogen (secondary N) is 1. The van der Waals surface area contributed by atoms with Crippen LogP contribution in [0.15, 0.2) is 47.6 Å². The molecule has 6 nitrogen and oxygen atoms in total. The van der Waals surface area contributed by atoms with Crippen LogP contribution >= 0.6 is 11.8 Å². The number of rotatable bonds is 9. The van der Waals surface area contributed by atoms with Crippen LogP contribution < -0.4 is 14.8 Å². The Hall–Kier alpha value is -2.81. The first-order valence-corrected chi connectivity index (χ1v) is 9.99. The summed E-state index contributed by atoms with van der Waals surface area (Å²) in [7, 11) is 0. The van der Waals surface area contributed by atoms with Crippen LogP contribution in [0.3, 0.4) is 0 Å². The predicted molar refractivity (Wildman–Crippen MR) is 109 cm³/mol. The number of aromatic nitrogens is 2. The first-order chi connectivity index (χ1) is 14.0. The van der Waals surface area contributed by atoms with E-state index in [-0.39, 0.29) is 17.6 Å². The van der Waals surface area contributed by atoms with Crippen molar-refractivity contribution < 1.29 is 23.0 Å². The highest BCUT2D eigenvalue weighted by atomic mass is 32.2. The number of para-hydroxylation sites is 2. The van der Waals surface area contributed by atoms with E-state index >= 15 is 0 Å². The van der Waals surface area contributed by atoms with E-state index in [0.717, 1.165) is 0 Å². The summed E-state index contributed by atoms with van der Waals surface area (Å²) in [6, 6.07) is 12.1. The van der Waals surface area contributed by atoms with E-state index in [1.807, 2.05) is 13.8 Å². The van der Waals surface area contributed by atoms with Gasteiger partial charge in [-0.05, 0) is 49.9 Å². The molecule has 0 unspecified atom stereocenters. The van der Waals surface area contributed by atoms with E-state index in [0.29, 0.717) is 53.2 Å². The number of carbonyl (C=O) groups is 1. The molecule has 0 aliphatic rings. The van der Waals surface area contributed by atoms with Gasteiger partial charge < -0.3 is 19.4 Å². The third-order valence-corrected chi connectivity index (χ3v) is 4.65. The first-order valence-electron chi connectivity index (χ1n) is 9.11. The maximum Gasteiger partial charge on any atom is 0.291 e. The lowest BCUT2D eigenvalue weighted by Crippen LogP contribution is -2.20. The van der Waals surface area contributed by atoms with Crippen molar-refractivity contribution >= 4 is 34.4 Å². The van der Waals surface area contributed by atoms with E-state index in [9.17, 15) is 13.6 Å². The van der Waals surface area contributed by atoms with Crippen LogP contribution in [0, 0.1) is 0 Å². The number of nitrogens with zero attached hydrogens (tertiary/aromatic N) is 2. The molecule has 9 heteroatoms. The van der Waals surface area contributed by atoms with Crippen LogP contribution in [0.1, 0.15) is 13.8 Å². The van der Waals surface area contributed by atoms with Crippen LogP contribution in [0.25, 0.3) is 11.0 Å². The molecule has 0 saturated heterocycles. The summed E-state index contributed by atoms with van der Waals surface area (Å²) in [4.78, 5) is 17.0. The summed E-state index contributed by atoms with van der Waals surface area (Å²) >= 11 is 0.313. The van der Waals surface area contributed by atoms with Gasteiger partial charge in [-0.3, -0.25) is 4.79 Å². The molecule has 0 aliphatic carbocycles. The Morgan fingerprint density at radius 1 is 1.17 bits per heavy atom. The zero-order valence-corrected chi connectivity index (χ0v) is 16.8. The number of imidazole rings is 1. The monoisotopic (exact) mass is 421 g/mol. The van der Waals surface area contributed by atoms with Gasteiger partial charge in [0.15, 0.2) is 5.16 Å². The van der Waals surface area contributed by atoms with E-state index in [4.69, 9.17) is 9.47 Å². The molecule has 1 amide bonds. The maximum absolute atomic E-state index is 12.9. The highest BCUT2D eigenvalue weighted by Crippen LogP contribution is 2.31. The minimum Gasteiger partial charge on any atom is -0.494 e. The number of halogens is 2. The number of thioether (sulfide) groups is 1. The van der Waals surface area contributed by atoms with Gasteiger partial charge in [0.2, 0.25) is 5.91 Å². The number of carbonyl (C=O) groups excluding carboxylic acids is 1. The normalized spacial score (nSPS) is 11.1. The molecular formula is C20H21F2N3O3S. The Morgan fingerprint density at radius 2 is 1.93 bits per heavy atom. The van der Waals surface area contributed by atoms with Gasteiger partial charge in [-0.1, -0.05) is 12.1 Å². The molecule has 0 bridgehead atoms. The largest absolute Gasteiger partial charge is 0.494 e. The van der Waals surface area contributed by atoms with Gasteiger partial charge in [-0.2, -0.15) is 8.78 Å². The van der Waals surface area contributed by atoms with Gasteiger partial charge in [0, 0.05) is 6.07 Å². The number of benzene rings is 2. The summed E-state index contributed by atoms with van der Waals surface area (Å²) in [6.45, 7) is 4.45. The number of hydrogen-bond acceptors (Lipinski definition) is 5. The van der Waals surface area contributed by atoms with Crippen molar-refractivity contribution in [2.45, 2.75) is 31.3 Å². The fourth-order valence-corrected chi connectivity index (χ4v) is 3.45. The average Bonchev–Trinajstić information content (AvgIpc) is 3.00. The molecular weight excluding hydrogens is 400 g/mol. The zero-order valence-electron chi connectivity index (χ0n) is 16.0. The average molecular weight is 421 g/mol. The topological polar surface area (TPSA) is 65.4 Å². The zero-order chi connectivity index (χ0) is 20.8. The predicted octanol–water partition coefficient (Wildman–Crippen LogP) is 4.79. The highest BCUT2D eigenvalue weighted by molar-refractivity contribution is 7.99. The molecule has 2 aromatic carbocycles. The molecule has 0 aliphatic heterocycles. The molecule has 1 aromatic heterocycles. The van der Waals surface area contributed by atoms with Crippen molar-refractivity contribution in [3.05, 3.63) is 42.5 Å². The number of ether oxygens (including phenoxy) is 2. The molecule has 154 valence electrons. The molecule has 0 radical (unpaired) electrons. The highest BCUT2D eigenvalue weighted by Gasteiger charge is 2.18. The van der Waals surface area contributed by atoms with Crippen LogP contribution in [-0.2, 0) is 11.3 Å². The van der Waals surface area contributed by atoms with Crippen LogP contribution in [0.5, 0.6) is 11.5 Å². The van der Waals surface area contributed by atoms with Crippen LogP contribution in [0.4, 0.5) is 14.5 Å². The standard InChI is InChI=1S/C20H21F2N3O3S/c1-3-27-13-9-10-17(28-4-2)15(11-13)23-18(26)12-25-16-8-6-5-7-14(16)24-20(25)29-19(21)22/h5-11,19H,3-4,12H2,1-2H3,(H,23,26). The Bertz CT molecular complexity index is 994. The lowest BCUT2D eigenvalue weighted by molar-refractivity contribution is -0.116. The van der Waals surface area contributed by atoms with E-state index < -0.39 is 5.76 Å². The molecule has 0 saturated carbocycles. The number of amides is 1. The minimum atomic E-state index is -2.64. The van der Waals surface area contributed by atoms with Crippen molar-refractivity contribution in [3.8, 4) is 11.5 Å². The van der Waals surface area contributed by atoms with Gasteiger partial charge in [-0.25, -0.2) is 4.98 Å². The Morgan fingerprint density at radius 3 is 2.66 bits per heavy atom. The van der Waals surface area contributed by atoms with Crippen LogP contribution in [-0.4, -0.2) is 34.4 Å². The van der Waals surface area contributed by atoms with Crippen LogP contribution in [0.2, 0.25) is 0 Å². The molecule has 1 heterocycles. The Balaban J connectivity index is 1.86. The van der Waals surface area contributed by atoms with Gasteiger partial charge in [0.25, 0.3) is 5.76 Å². The summed E-state index contributed by atoms with van der Waals surface area (Å²) in [5.74, 6) is -1.94. The van der Waals surface area contributed by atoms with Gasteiger partial charge in [0.05, 0.1) is 29.9 Å². The number of hydrogen-bond donors (Lipinski definition) is 1. The number of alkyl halides is 2. The van der Waals surface area contributed by atoms with E-state index in [1.54, 1.807) is 42.5 Å². The lowest BCUT2D eigenvalue weighted by Gasteiger charge is -2.14. The molecule has 3 aromatic rings. The fourth-order valence-electron chi connectivity index (χ4n) is 2.85. The van der Waals surface area contributed by atoms with Crippen molar-refractivity contribution in [3.63, 3.8) is 0 Å². The molecule has 0 atom stereocenters. The van der Waals surface area contributed by atoms with Crippen molar-refractivity contribution in [1.82, 2.24) is 9.55 Å². The van der Waals surface area contributed by atoms with Crippen molar-refractivity contribution in [2.75, 3.05) is 18.5 Å². The third kappa shape index (κ3) is 5.17. The summed E-state index contributed by atoms with van der Waals surface area (Å²) < 4.78 is 38.4. The van der Waals surface area contributed by atoms with E-state index in [1.165, 1.54) is 4.57 Å². The SMILES string of the molecule is CCOc1ccc(OCC)c(NC(=O)Cn2c(SC(F)F)nc3ccccc32)c1. The quantitative estimate of drug-likeness (QED) is 0.504. The second kappa shape index (κ2) is 9.60. The maximum atomic E-state index is 12.9. The second-order valence-electron chi connectivity index (χ2n) is 5.92. The van der Waals surface area contributed by atoms with Gasteiger partial charge in [-0.15, -0.1) is 0 Å². The molecule has 0 fully saturated rings. The van der Waals surface area contributed by atoms with Gasteiger partial charge in [0.1, 0.15) is 18.0 Å². The van der Waals surface area contributed by atoms with E-state index in [2.05, 4.69) is 10.3 Å². The fraction of sp³-hybridized carbons (Fsp3) is 0.300. The minimum absolute atomic E-state index is 0.0875. The molecule has 1 N–H and O–H groups in total. The molecule has 0 spiro atoms. The second-order valence-corrected chi connectivity index (χ2v) is 6.88. The number of anilines is 1. The first kappa shape index (κ1) is 20.9. The van der Waals surface area contributed by atoms with Crippen molar-refractivity contribution in [2.24, 2.45) is 0 Å². The Kier molecular flexibility index (Phi) is 6.92. The summed E-state index contributed by atoms with van der Waals surface area (Å²) in [5, 5.41) is 2.88.